The van der Waals surface area contributed by atoms with Crippen LogP contribution in [0.3, 0.4) is 0 Å². The fourth-order valence-electron chi connectivity index (χ4n) is 1.74. The van der Waals surface area contributed by atoms with Crippen LogP contribution in [0.15, 0.2) is 29.3 Å². The fraction of sp³-hybridized carbons (Fsp3) is 0.500. The fourth-order valence-corrected chi connectivity index (χ4v) is 1.74. The van der Waals surface area contributed by atoms with E-state index in [4.69, 9.17) is 0 Å². The minimum Gasteiger partial charge on any atom is -0.357 e. The van der Waals surface area contributed by atoms with Crippen molar-refractivity contribution in [2.45, 2.75) is 26.1 Å². The third-order valence-electron chi connectivity index (χ3n) is 2.66. The quantitative estimate of drug-likeness (QED) is 0.331. The molecule has 22 heavy (non-hydrogen) atoms. The Labute approximate surface area is 144 Å². The number of guanidine groups is 1. The average Bonchev–Trinajstić information content (AvgIpc) is 2.36. The maximum atomic E-state index is 13.1. The molecule has 0 aliphatic heterocycles. The lowest BCUT2D eigenvalue weighted by Gasteiger charge is -2.22. The molecule has 0 atom stereocenters. The minimum atomic E-state index is -4.22. The van der Waals surface area contributed by atoms with E-state index in [2.05, 4.69) is 10.3 Å². The molecule has 0 spiro atoms. The first kappa shape index (κ1) is 20.9. The standard InChI is InChI=1S/C14H19F4N3.HI/c1-3-19-13(20-8-7-14(16,17)18)21(2)10-11-5-4-6-12(15)9-11;/h4-6,9H,3,7-8,10H2,1-2H3,(H,19,20);1H. The highest BCUT2D eigenvalue weighted by Crippen LogP contribution is 2.19. The third kappa shape index (κ3) is 8.40. The molecule has 0 aliphatic carbocycles. The molecule has 1 aromatic rings. The van der Waals surface area contributed by atoms with Gasteiger partial charge in [-0.15, -0.1) is 24.0 Å². The van der Waals surface area contributed by atoms with Crippen molar-refractivity contribution in [3.8, 4) is 0 Å². The van der Waals surface area contributed by atoms with Gasteiger partial charge in [0.15, 0.2) is 5.96 Å². The zero-order valence-corrected chi connectivity index (χ0v) is 14.8. The zero-order valence-electron chi connectivity index (χ0n) is 12.5. The van der Waals surface area contributed by atoms with Gasteiger partial charge in [-0.1, -0.05) is 12.1 Å². The van der Waals surface area contributed by atoms with Crippen LogP contribution in [0.25, 0.3) is 0 Å². The lowest BCUT2D eigenvalue weighted by Crippen LogP contribution is -2.38. The van der Waals surface area contributed by atoms with Gasteiger partial charge in [-0.2, -0.15) is 13.2 Å². The molecule has 0 unspecified atom stereocenters. The zero-order chi connectivity index (χ0) is 15.9. The number of benzene rings is 1. The molecule has 3 nitrogen and oxygen atoms in total. The number of rotatable bonds is 5. The van der Waals surface area contributed by atoms with Crippen molar-refractivity contribution in [3.63, 3.8) is 0 Å². The van der Waals surface area contributed by atoms with Crippen LogP contribution in [-0.2, 0) is 6.54 Å². The molecular formula is C14H20F4IN3. The lowest BCUT2D eigenvalue weighted by atomic mass is 10.2. The maximum Gasteiger partial charge on any atom is 0.390 e. The number of aliphatic imine (C=N–C) groups is 1. The van der Waals surface area contributed by atoms with E-state index in [-0.39, 0.29) is 36.3 Å². The summed E-state index contributed by atoms with van der Waals surface area (Å²) in [6.45, 7) is 2.39. The van der Waals surface area contributed by atoms with Gasteiger partial charge in [0.05, 0.1) is 13.0 Å². The van der Waals surface area contributed by atoms with Crippen LogP contribution in [-0.4, -0.2) is 37.2 Å². The van der Waals surface area contributed by atoms with Crippen LogP contribution in [0.1, 0.15) is 18.9 Å². The summed E-state index contributed by atoms with van der Waals surface area (Å²) in [6.07, 6.45) is -5.18. The predicted octanol–water partition coefficient (Wildman–Crippen LogP) is 3.79. The Kier molecular flexibility index (Phi) is 9.38. The van der Waals surface area contributed by atoms with Gasteiger partial charge in [0.25, 0.3) is 0 Å². The van der Waals surface area contributed by atoms with Gasteiger partial charge in [-0.05, 0) is 24.6 Å². The van der Waals surface area contributed by atoms with Crippen molar-refractivity contribution in [1.82, 2.24) is 10.2 Å². The molecule has 0 fully saturated rings. The molecule has 0 bridgehead atoms. The highest BCUT2D eigenvalue weighted by atomic mass is 127. The van der Waals surface area contributed by atoms with E-state index in [0.29, 0.717) is 19.0 Å². The summed E-state index contributed by atoms with van der Waals surface area (Å²) < 4.78 is 49.5. The number of hydrogen-bond acceptors (Lipinski definition) is 1. The van der Waals surface area contributed by atoms with Crippen LogP contribution in [0.4, 0.5) is 17.6 Å². The second kappa shape index (κ2) is 9.86. The second-order valence-corrected chi connectivity index (χ2v) is 4.59. The maximum absolute atomic E-state index is 13.1. The minimum absolute atomic E-state index is 0. The Morgan fingerprint density at radius 3 is 2.55 bits per heavy atom. The number of nitrogens with zero attached hydrogens (tertiary/aromatic N) is 2. The Balaban J connectivity index is 0.00000441. The average molecular weight is 433 g/mol. The highest BCUT2D eigenvalue weighted by molar-refractivity contribution is 14.0. The molecule has 1 N–H and O–H groups in total. The molecule has 0 heterocycles. The molecule has 126 valence electrons. The van der Waals surface area contributed by atoms with Crippen molar-refractivity contribution < 1.29 is 17.6 Å². The summed E-state index contributed by atoms with van der Waals surface area (Å²) >= 11 is 0. The van der Waals surface area contributed by atoms with Crippen LogP contribution in [0.2, 0.25) is 0 Å². The molecule has 0 saturated heterocycles. The molecule has 1 rings (SSSR count). The molecule has 0 amide bonds. The van der Waals surface area contributed by atoms with Gasteiger partial charge in [-0.3, -0.25) is 4.99 Å². The molecular weight excluding hydrogens is 413 g/mol. The summed E-state index contributed by atoms with van der Waals surface area (Å²) in [5.74, 6) is 0.0194. The molecule has 0 aliphatic rings. The van der Waals surface area contributed by atoms with E-state index in [1.54, 1.807) is 24.1 Å². The van der Waals surface area contributed by atoms with Crippen LogP contribution in [0.5, 0.6) is 0 Å². The third-order valence-corrected chi connectivity index (χ3v) is 2.66. The van der Waals surface area contributed by atoms with E-state index in [1.165, 1.54) is 12.1 Å². The number of hydrogen-bond donors (Lipinski definition) is 1. The molecule has 0 aromatic heterocycles. The van der Waals surface area contributed by atoms with Crippen molar-refractivity contribution in [3.05, 3.63) is 35.6 Å². The molecule has 0 saturated carbocycles. The molecule has 8 heteroatoms. The van der Waals surface area contributed by atoms with Crippen molar-refractivity contribution in [2.24, 2.45) is 4.99 Å². The summed E-state index contributed by atoms with van der Waals surface area (Å²) in [6, 6.07) is 6.06. The van der Waals surface area contributed by atoms with Gasteiger partial charge in [0.1, 0.15) is 5.82 Å². The van der Waals surface area contributed by atoms with E-state index in [9.17, 15) is 17.6 Å². The van der Waals surface area contributed by atoms with E-state index in [0.717, 1.165) is 5.56 Å². The predicted molar refractivity (Wildman–Crippen MR) is 89.9 cm³/mol. The van der Waals surface area contributed by atoms with Gasteiger partial charge in [-0.25, -0.2) is 4.39 Å². The van der Waals surface area contributed by atoms with Crippen molar-refractivity contribution in [2.75, 3.05) is 20.1 Å². The SMILES string of the molecule is CCNC(=NCCC(F)(F)F)N(C)Cc1cccc(F)c1.I. The topological polar surface area (TPSA) is 27.6 Å². The normalized spacial score (nSPS) is 11.8. The summed E-state index contributed by atoms with van der Waals surface area (Å²) in [5.41, 5.74) is 0.721. The monoisotopic (exact) mass is 433 g/mol. The van der Waals surface area contributed by atoms with Crippen LogP contribution >= 0.6 is 24.0 Å². The lowest BCUT2D eigenvalue weighted by molar-refractivity contribution is -0.132. The summed E-state index contributed by atoms with van der Waals surface area (Å²) in [4.78, 5) is 5.60. The number of alkyl halides is 3. The van der Waals surface area contributed by atoms with E-state index < -0.39 is 12.6 Å². The summed E-state index contributed by atoms with van der Waals surface area (Å²) in [5, 5.41) is 2.92. The molecule has 0 radical (unpaired) electrons. The Morgan fingerprint density at radius 2 is 2.00 bits per heavy atom. The van der Waals surface area contributed by atoms with Gasteiger partial charge >= 0.3 is 6.18 Å². The van der Waals surface area contributed by atoms with E-state index >= 15 is 0 Å². The largest absolute Gasteiger partial charge is 0.390 e. The first-order chi connectivity index (χ1) is 9.81. The van der Waals surface area contributed by atoms with Crippen molar-refractivity contribution >= 4 is 29.9 Å². The highest BCUT2D eigenvalue weighted by Gasteiger charge is 2.26. The number of nitrogens with one attached hydrogen (secondary N) is 1. The Morgan fingerprint density at radius 1 is 1.32 bits per heavy atom. The smallest absolute Gasteiger partial charge is 0.357 e. The van der Waals surface area contributed by atoms with Crippen molar-refractivity contribution in [1.29, 1.82) is 0 Å². The van der Waals surface area contributed by atoms with E-state index in [1.807, 2.05) is 6.92 Å². The van der Waals surface area contributed by atoms with Crippen LogP contribution < -0.4 is 5.32 Å². The Hall–Kier alpha value is -1.06. The summed E-state index contributed by atoms with van der Waals surface area (Å²) in [7, 11) is 1.69. The second-order valence-electron chi connectivity index (χ2n) is 4.59. The number of halogens is 5. The first-order valence-corrected chi connectivity index (χ1v) is 6.62. The van der Waals surface area contributed by atoms with Crippen LogP contribution in [0, 0.1) is 5.82 Å². The van der Waals surface area contributed by atoms with Gasteiger partial charge in [0.2, 0.25) is 0 Å². The Bertz CT molecular complexity index is 477. The first-order valence-electron chi connectivity index (χ1n) is 6.62. The van der Waals surface area contributed by atoms with Gasteiger partial charge in [0, 0.05) is 20.1 Å². The molecule has 1 aromatic carbocycles. The van der Waals surface area contributed by atoms with Gasteiger partial charge < -0.3 is 10.2 Å².